The molecule has 158 valence electrons. The summed E-state index contributed by atoms with van der Waals surface area (Å²) in [5, 5.41) is 4.20. The Morgan fingerprint density at radius 1 is 1.00 bits per heavy atom. The SMILES string of the molecule is Cn1cc(-c2cc(F)c3c(c2)[C@]2(COC(N)=N2)c2cc(-c4cncnc4)ccc2O3)cn1. The summed E-state index contributed by atoms with van der Waals surface area (Å²) in [4.78, 5) is 12.8. The Hall–Kier alpha value is -4.27. The molecule has 1 spiro atoms. The second kappa shape index (κ2) is 6.61. The molecule has 0 saturated heterocycles. The summed E-state index contributed by atoms with van der Waals surface area (Å²) in [6.07, 6.45) is 8.43. The third kappa shape index (κ3) is 2.67. The monoisotopic (exact) mass is 428 g/mol. The van der Waals surface area contributed by atoms with Crippen molar-refractivity contribution in [3.8, 4) is 33.8 Å². The second-order valence-electron chi connectivity index (χ2n) is 7.78. The molecule has 8 nitrogen and oxygen atoms in total. The molecule has 0 saturated carbocycles. The number of rotatable bonds is 2. The lowest BCUT2D eigenvalue weighted by atomic mass is 9.79. The Bertz CT molecular complexity index is 1400. The van der Waals surface area contributed by atoms with Crippen LogP contribution in [0.3, 0.4) is 0 Å². The maximum atomic E-state index is 15.3. The Balaban J connectivity index is 1.59. The van der Waals surface area contributed by atoms with E-state index in [-0.39, 0.29) is 18.4 Å². The lowest BCUT2D eigenvalue weighted by molar-refractivity contribution is 0.262. The number of aryl methyl sites for hydroxylation is 1. The fourth-order valence-corrected chi connectivity index (χ4v) is 4.27. The van der Waals surface area contributed by atoms with Crippen molar-refractivity contribution in [2.75, 3.05) is 6.61 Å². The van der Waals surface area contributed by atoms with Crippen LogP contribution < -0.4 is 10.5 Å². The summed E-state index contributed by atoms with van der Waals surface area (Å²) >= 11 is 0. The van der Waals surface area contributed by atoms with Crippen molar-refractivity contribution < 1.29 is 13.9 Å². The summed E-state index contributed by atoms with van der Waals surface area (Å²) in [6, 6.07) is 8.96. The van der Waals surface area contributed by atoms with Crippen LogP contribution in [0.25, 0.3) is 22.3 Å². The molecule has 1 atom stereocenters. The minimum absolute atomic E-state index is 0.0458. The molecule has 6 rings (SSSR count). The minimum atomic E-state index is -1.04. The average Bonchev–Trinajstić information content (AvgIpc) is 3.41. The van der Waals surface area contributed by atoms with E-state index in [0.717, 1.165) is 22.3 Å². The van der Waals surface area contributed by atoms with Crippen LogP contribution in [0.5, 0.6) is 11.5 Å². The van der Waals surface area contributed by atoms with Crippen molar-refractivity contribution in [2.24, 2.45) is 17.8 Å². The molecule has 0 bridgehead atoms. The number of fused-ring (bicyclic) bond motifs is 4. The number of nitrogens with zero attached hydrogens (tertiary/aromatic N) is 5. The van der Waals surface area contributed by atoms with E-state index >= 15 is 4.39 Å². The van der Waals surface area contributed by atoms with Crippen LogP contribution >= 0.6 is 0 Å². The van der Waals surface area contributed by atoms with Gasteiger partial charge < -0.3 is 15.2 Å². The highest BCUT2D eigenvalue weighted by Crippen LogP contribution is 2.53. The van der Waals surface area contributed by atoms with Crippen LogP contribution in [-0.4, -0.2) is 32.4 Å². The van der Waals surface area contributed by atoms with Gasteiger partial charge in [-0.2, -0.15) is 5.10 Å². The molecule has 32 heavy (non-hydrogen) atoms. The van der Waals surface area contributed by atoms with Gasteiger partial charge in [-0.15, -0.1) is 0 Å². The number of amidine groups is 1. The highest BCUT2D eigenvalue weighted by molar-refractivity contribution is 5.79. The first kappa shape index (κ1) is 18.5. The van der Waals surface area contributed by atoms with Crippen molar-refractivity contribution in [1.29, 1.82) is 0 Å². The molecule has 0 amide bonds. The van der Waals surface area contributed by atoms with Gasteiger partial charge in [0.15, 0.2) is 17.1 Å². The molecule has 9 heteroatoms. The average molecular weight is 428 g/mol. The lowest BCUT2D eigenvalue weighted by Gasteiger charge is -2.34. The van der Waals surface area contributed by atoms with Crippen molar-refractivity contribution in [2.45, 2.75) is 5.54 Å². The molecular formula is C23H17FN6O2. The van der Waals surface area contributed by atoms with Gasteiger partial charge in [-0.1, -0.05) is 6.07 Å². The molecule has 2 N–H and O–H groups in total. The number of nitrogens with two attached hydrogens (primary N) is 1. The predicted octanol–water partition coefficient (Wildman–Crippen LogP) is 3.38. The Labute approximate surface area is 182 Å². The van der Waals surface area contributed by atoms with Crippen molar-refractivity contribution in [3.63, 3.8) is 0 Å². The van der Waals surface area contributed by atoms with Crippen LogP contribution in [0.2, 0.25) is 0 Å². The Morgan fingerprint density at radius 3 is 2.53 bits per heavy atom. The standard InChI is InChI=1S/C23H17FN6O2/c1-30-10-16(9-28-30)14-5-18-21(19(24)6-14)32-20-3-2-13(15-7-26-12-27-8-15)4-17(20)23(18)11-31-22(25)29-23/h2-10,12H,11H2,1H3,(H2,25,29)/t23-/m0/s1. The first-order valence-electron chi connectivity index (χ1n) is 9.92. The number of hydrogen-bond acceptors (Lipinski definition) is 7. The Morgan fingerprint density at radius 2 is 1.81 bits per heavy atom. The maximum Gasteiger partial charge on any atom is 0.283 e. The smallest absolute Gasteiger partial charge is 0.283 e. The number of benzene rings is 2. The lowest BCUT2D eigenvalue weighted by Crippen LogP contribution is -2.31. The van der Waals surface area contributed by atoms with Crippen LogP contribution in [0, 0.1) is 5.82 Å². The first-order valence-corrected chi connectivity index (χ1v) is 9.92. The van der Waals surface area contributed by atoms with Gasteiger partial charge in [0.1, 0.15) is 18.7 Å². The van der Waals surface area contributed by atoms with Gasteiger partial charge in [0, 0.05) is 47.9 Å². The van der Waals surface area contributed by atoms with Crippen molar-refractivity contribution >= 4 is 6.02 Å². The topological polar surface area (TPSA) is 100 Å². The van der Waals surface area contributed by atoms with Gasteiger partial charge in [0.05, 0.1) is 6.20 Å². The van der Waals surface area contributed by atoms with E-state index in [4.69, 9.17) is 15.2 Å². The summed E-state index contributed by atoms with van der Waals surface area (Å²) in [7, 11) is 1.81. The summed E-state index contributed by atoms with van der Waals surface area (Å²) in [6.45, 7) is 0.132. The molecule has 4 heterocycles. The zero-order chi connectivity index (χ0) is 21.9. The molecule has 0 aliphatic carbocycles. The molecule has 2 aromatic heterocycles. The van der Waals surface area contributed by atoms with Crippen LogP contribution in [0.1, 0.15) is 11.1 Å². The maximum absolute atomic E-state index is 15.3. The summed E-state index contributed by atoms with van der Waals surface area (Å²) in [5.74, 6) is 0.115. The van der Waals surface area contributed by atoms with E-state index in [0.29, 0.717) is 16.9 Å². The number of ether oxygens (including phenoxy) is 2. The molecule has 2 aliphatic heterocycles. The van der Waals surface area contributed by atoms with E-state index in [1.807, 2.05) is 31.4 Å². The van der Waals surface area contributed by atoms with E-state index in [1.165, 1.54) is 12.4 Å². The van der Waals surface area contributed by atoms with Crippen LogP contribution in [0.15, 0.2) is 66.4 Å². The molecule has 0 fully saturated rings. The van der Waals surface area contributed by atoms with Crippen LogP contribution in [0.4, 0.5) is 4.39 Å². The van der Waals surface area contributed by atoms with Gasteiger partial charge in [0.2, 0.25) is 0 Å². The number of aliphatic imine (C=N–C) groups is 1. The first-order chi connectivity index (χ1) is 15.5. The van der Waals surface area contributed by atoms with E-state index in [9.17, 15) is 0 Å². The zero-order valence-electron chi connectivity index (χ0n) is 17.0. The quantitative estimate of drug-likeness (QED) is 0.525. The number of hydrogen-bond donors (Lipinski definition) is 1. The van der Waals surface area contributed by atoms with Crippen molar-refractivity contribution in [3.05, 3.63) is 78.4 Å². The van der Waals surface area contributed by atoms with Crippen molar-refractivity contribution in [1.82, 2.24) is 19.7 Å². The number of halogens is 1. The van der Waals surface area contributed by atoms with Gasteiger partial charge in [-0.05, 0) is 35.4 Å². The van der Waals surface area contributed by atoms with Gasteiger partial charge >= 0.3 is 0 Å². The van der Waals surface area contributed by atoms with Gasteiger partial charge in [0.25, 0.3) is 6.02 Å². The molecular weight excluding hydrogens is 411 g/mol. The zero-order valence-corrected chi connectivity index (χ0v) is 17.0. The van der Waals surface area contributed by atoms with Gasteiger partial charge in [-0.25, -0.2) is 19.4 Å². The summed E-state index contributed by atoms with van der Waals surface area (Å²) in [5.41, 5.74) is 9.34. The summed E-state index contributed by atoms with van der Waals surface area (Å²) < 4.78 is 28.6. The number of aromatic nitrogens is 4. The fraction of sp³-hybridized carbons (Fsp3) is 0.130. The van der Waals surface area contributed by atoms with E-state index < -0.39 is 11.4 Å². The highest BCUT2D eigenvalue weighted by atomic mass is 19.1. The van der Waals surface area contributed by atoms with Gasteiger partial charge in [-0.3, -0.25) is 4.68 Å². The van der Waals surface area contributed by atoms with E-state index in [1.54, 1.807) is 29.3 Å². The predicted molar refractivity (Wildman–Crippen MR) is 114 cm³/mol. The molecule has 2 aromatic carbocycles. The molecule has 0 unspecified atom stereocenters. The van der Waals surface area contributed by atoms with E-state index in [2.05, 4.69) is 20.1 Å². The Kier molecular flexibility index (Phi) is 3.82. The highest BCUT2D eigenvalue weighted by Gasteiger charge is 2.48. The molecule has 2 aliphatic rings. The third-order valence-corrected chi connectivity index (χ3v) is 5.79. The third-order valence-electron chi connectivity index (χ3n) is 5.79. The minimum Gasteiger partial charge on any atom is -0.462 e. The van der Waals surface area contributed by atoms with Crippen LogP contribution in [-0.2, 0) is 17.3 Å². The largest absolute Gasteiger partial charge is 0.462 e. The fourth-order valence-electron chi connectivity index (χ4n) is 4.27. The normalized spacial score (nSPS) is 18.5. The second-order valence-corrected chi connectivity index (χ2v) is 7.78. The molecule has 4 aromatic rings. The molecule has 0 radical (unpaired) electrons.